The summed E-state index contributed by atoms with van der Waals surface area (Å²) in [5.41, 5.74) is 2.14. The molecule has 4 rings (SSSR count). The van der Waals surface area contributed by atoms with Gasteiger partial charge in [0, 0.05) is 48.6 Å². The molecular weight excluding hydrogens is 448 g/mol. The van der Waals surface area contributed by atoms with Gasteiger partial charge in [-0.2, -0.15) is 0 Å². The van der Waals surface area contributed by atoms with Gasteiger partial charge in [0.15, 0.2) is 5.82 Å². The third kappa shape index (κ3) is 5.80. The molecule has 0 aliphatic carbocycles. The minimum absolute atomic E-state index is 0.0409. The van der Waals surface area contributed by atoms with Crippen molar-refractivity contribution in [1.29, 1.82) is 0 Å². The Kier molecular flexibility index (Phi) is 7.90. The fourth-order valence-corrected chi connectivity index (χ4v) is 4.91. The Bertz CT molecular complexity index is 1120. The van der Waals surface area contributed by atoms with E-state index in [1.807, 2.05) is 18.2 Å². The maximum atomic E-state index is 13.0. The molecule has 0 saturated carbocycles. The van der Waals surface area contributed by atoms with Crippen molar-refractivity contribution in [1.82, 2.24) is 15.3 Å². The van der Waals surface area contributed by atoms with E-state index in [1.165, 1.54) is 5.56 Å². The van der Waals surface area contributed by atoms with Gasteiger partial charge < -0.3 is 19.7 Å². The molecule has 7 nitrogen and oxygen atoms in total. The summed E-state index contributed by atoms with van der Waals surface area (Å²) in [6.45, 7) is 3.95. The molecule has 1 amide bonds. The van der Waals surface area contributed by atoms with E-state index in [0.29, 0.717) is 18.8 Å². The molecule has 1 aromatic heterocycles. The van der Waals surface area contributed by atoms with E-state index in [4.69, 9.17) is 9.47 Å². The number of aromatic nitrogens is 2. The summed E-state index contributed by atoms with van der Waals surface area (Å²) in [6, 6.07) is 14.0. The highest BCUT2D eigenvalue weighted by Crippen LogP contribution is 2.34. The van der Waals surface area contributed by atoms with E-state index >= 15 is 0 Å². The molecule has 1 fully saturated rings. The highest BCUT2D eigenvalue weighted by atomic mass is 32.2. The Balaban J connectivity index is 1.42. The van der Waals surface area contributed by atoms with E-state index in [9.17, 15) is 4.79 Å². The van der Waals surface area contributed by atoms with Gasteiger partial charge in [-0.3, -0.25) is 4.79 Å². The van der Waals surface area contributed by atoms with Crippen LogP contribution in [0.15, 0.2) is 64.8 Å². The quantitative estimate of drug-likeness (QED) is 0.511. The molecule has 0 radical (unpaired) electrons. The second-order valence-corrected chi connectivity index (χ2v) is 9.34. The number of carbonyl (C=O) groups is 1. The van der Waals surface area contributed by atoms with Crippen LogP contribution in [0.1, 0.15) is 24.0 Å². The number of ether oxygens (including phenoxy) is 2. The first kappa shape index (κ1) is 23.9. The number of nitrogens with one attached hydrogen (secondary N) is 1. The molecule has 0 bridgehead atoms. The zero-order chi connectivity index (χ0) is 23.9. The van der Waals surface area contributed by atoms with Crippen LogP contribution in [-0.2, 0) is 11.3 Å². The summed E-state index contributed by atoms with van der Waals surface area (Å²) in [5.74, 6) is 2.18. The van der Waals surface area contributed by atoms with Gasteiger partial charge in [-0.25, -0.2) is 9.97 Å². The van der Waals surface area contributed by atoms with Gasteiger partial charge in [0.1, 0.15) is 16.5 Å². The first-order valence-corrected chi connectivity index (χ1v) is 12.2. The lowest BCUT2D eigenvalue weighted by molar-refractivity contribution is -0.125. The first-order chi connectivity index (χ1) is 16.6. The second kappa shape index (κ2) is 11.2. The Hall–Kier alpha value is -3.26. The van der Waals surface area contributed by atoms with Crippen molar-refractivity contribution in [3.05, 3.63) is 66.0 Å². The Labute approximate surface area is 204 Å². The lowest BCUT2D eigenvalue weighted by atomic mass is 9.97. The number of methoxy groups -OCH3 is 2. The normalized spacial score (nSPS) is 15.6. The Morgan fingerprint density at radius 3 is 2.68 bits per heavy atom. The maximum Gasteiger partial charge on any atom is 0.225 e. The number of hydrogen-bond acceptors (Lipinski definition) is 7. The zero-order valence-electron chi connectivity index (χ0n) is 19.8. The molecule has 1 aliphatic heterocycles. The van der Waals surface area contributed by atoms with Crippen molar-refractivity contribution in [3.63, 3.8) is 0 Å². The molecule has 0 spiro atoms. The van der Waals surface area contributed by atoms with Crippen LogP contribution < -0.4 is 19.7 Å². The number of aryl methyl sites for hydroxylation is 1. The maximum absolute atomic E-state index is 13.0. The minimum atomic E-state index is -0.114. The van der Waals surface area contributed by atoms with E-state index in [1.54, 1.807) is 38.4 Å². The van der Waals surface area contributed by atoms with Crippen LogP contribution in [0.25, 0.3) is 0 Å². The van der Waals surface area contributed by atoms with Gasteiger partial charge in [0.25, 0.3) is 0 Å². The molecule has 3 aromatic rings. The van der Waals surface area contributed by atoms with Crippen molar-refractivity contribution >= 4 is 23.5 Å². The summed E-state index contributed by atoms with van der Waals surface area (Å²) in [4.78, 5) is 25.5. The molecule has 178 valence electrons. The zero-order valence-corrected chi connectivity index (χ0v) is 20.6. The predicted molar refractivity (Wildman–Crippen MR) is 134 cm³/mol. The van der Waals surface area contributed by atoms with Crippen LogP contribution in [0.2, 0.25) is 0 Å². The van der Waals surface area contributed by atoms with Gasteiger partial charge in [-0.05, 0) is 44.0 Å². The summed E-state index contributed by atoms with van der Waals surface area (Å²) in [6.07, 6.45) is 5.21. The van der Waals surface area contributed by atoms with Crippen LogP contribution in [0.5, 0.6) is 11.5 Å². The molecule has 1 atom stereocenters. The summed E-state index contributed by atoms with van der Waals surface area (Å²) in [7, 11) is 3.24. The van der Waals surface area contributed by atoms with Crippen LogP contribution in [-0.4, -0.2) is 43.2 Å². The lowest BCUT2D eigenvalue weighted by Gasteiger charge is -2.33. The first-order valence-electron chi connectivity index (χ1n) is 11.4. The van der Waals surface area contributed by atoms with E-state index < -0.39 is 0 Å². The summed E-state index contributed by atoms with van der Waals surface area (Å²) >= 11 is 1.60. The van der Waals surface area contributed by atoms with E-state index in [2.05, 4.69) is 51.4 Å². The number of amides is 1. The Morgan fingerprint density at radius 2 is 1.91 bits per heavy atom. The molecule has 1 saturated heterocycles. The van der Waals surface area contributed by atoms with Gasteiger partial charge >= 0.3 is 0 Å². The third-order valence-corrected chi connectivity index (χ3v) is 6.91. The topological polar surface area (TPSA) is 76.6 Å². The van der Waals surface area contributed by atoms with Crippen LogP contribution >= 0.6 is 11.8 Å². The van der Waals surface area contributed by atoms with Gasteiger partial charge in [-0.15, -0.1) is 0 Å². The average Bonchev–Trinajstić information content (AvgIpc) is 2.89. The molecule has 34 heavy (non-hydrogen) atoms. The highest BCUT2D eigenvalue weighted by molar-refractivity contribution is 7.99. The molecule has 2 aromatic carbocycles. The summed E-state index contributed by atoms with van der Waals surface area (Å²) in [5, 5.41) is 3.94. The van der Waals surface area contributed by atoms with E-state index in [-0.39, 0.29) is 11.8 Å². The number of nitrogens with zero attached hydrogens (tertiary/aromatic N) is 3. The van der Waals surface area contributed by atoms with Crippen LogP contribution in [0, 0.1) is 12.8 Å². The molecule has 2 heterocycles. The smallest absolute Gasteiger partial charge is 0.225 e. The minimum Gasteiger partial charge on any atom is -0.497 e. The molecule has 1 N–H and O–H groups in total. The standard InChI is InChI=1S/C26H30N4O3S/c1-18-6-10-22(11-7-18)34-26-24(27-12-13-28-26)30-14-4-5-20(17-30)25(31)29-16-19-8-9-21(32-2)15-23(19)33-3/h6-13,15,20H,4-5,14,16-17H2,1-3H3,(H,29,31)/t20-/m0/s1. The largest absolute Gasteiger partial charge is 0.497 e. The monoisotopic (exact) mass is 478 g/mol. The highest BCUT2D eigenvalue weighted by Gasteiger charge is 2.28. The number of rotatable bonds is 8. The van der Waals surface area contributed by atoms with Crippen molar-refractivity contribution in [2.45, 2.75) is 36.2 Å². The number of benzene rings is 2. The van der Waals surface area contributed by atoms with Crippen LogP contribution in [0.3, 0.4) is 0 Å². The molecule has 1 aliphatic rings. The van der Waals surface area contributed by atoms with Gasteiger partial charge in [0.2, 0.25) is 5.91 Å². The van der Waals surface area contributed by atoms with Crippen molar-refractivity contribution in [2.75, 3.05) is 32.2 Å². The van der Waals surface area contributed by atoms with E-state index in [0.717, 1.165) is 46.4 Å². The number of carbonyl (C=O) groups excluding carboxylic acids is 1. The molecular formula is C26H30N4O3S. The Morgan fingerprint density at radius 1 is 1.12 bits per heavy atom. The van der Waals surface area contributed by atoms with Crippen molar-refractivity contribution in [2.24, 2.45) is 5.92 Å². The number of hydrogen-bond donors (Lipinski definition) is 1. The average molecular weight is 479 g/mol. The molecule has 0 unspecified atom stereocenters. The molecule has 8 heteroatoms. The number of piperidine rings is 1. The second-order valence-electron chi connectivity index (χ2n) is 8.28. The summed E-state index contributed by atoms with van der Waals surface area (Å²) < 4.78 is 10.7. The van der Waals surface area contributed by atoms with Crippen LogP contribution in [0.4, 0.5) is 5.82 Å². The van der Waals surface area contributed by atoms with Crippen molar-refractivity contribution < 1.29 is 14.3 Å². The SMILES string of the molecule is COc1ccc(CNC(=O)[C@H]2CCCN(c3nccnc3Sc3ccc(C)cc3)C2)c(OC)c1. The van der Waals surface area contributed by atoms with Crippen molar-refractivity contribution in [3.8, 4) is 11.5 Å². The fourth-order valence-electron chi connectivity index (χ4n) is 4.03. The lowest BCUT2D eigenvalue weighted by Crippen LogP contribution is -2.43. The third-order valence-electron chi connectivity index (χ3n) is 5.92. The van der Waals surface area contributed by atoms with Gasteiger partial charge in [0.05, 0.1) is 20.1 Å². The fraction of sp³-hybridized carbons (Fsp3) is 0.346. The predicted octanol–water partition coefficient (Wildman–Crippen LogP) is 4.49. The van der Waals surface area contributed by atoms with Gasteiger partial charge in [-0.1, -0.05) is 29.5 Å². The number of anilines is 1.